The van der Waals surface area contributed by atoms with Gasteiger partial charge in [0, 0.05) is 6.42 Å². The van der Waals surface area contributed by atoms with Crippen LogP contribution in [0, 0.1) is 17.3 Å². The highest BCUT2D eigenvalue weighted by atomic mass is 16.4. The number of aliphatic carboxylic acids is 2. The number of unbranched alkanes of at least 4 members (excludes halogenated alkanes) is 16. The van der Waals surface area contributed by atoms with Crippen molar-refractivity contribution in [2.75, 3.05) is 0 Å². The minimum Gasteiger partial charge on any atom is -0.481 e. The second kappa shape index (κ2) is 24.9. The maximum atomic E-state index is 12.5. The number of carbonyl (C=O) groups is 2. The standard InChI is InChI=1S/C34H66O4/c1-30(2)24-18-13-9-5-7-11-15-21-27-34(33(37)38,29-23-17-20-26-32(35)36)28-22-16-12-8-6-10-14-19-25-31(3)4/h30-31H,5-29H2,1-4H3,(H,35,36)(H,37,38). The normalized spacial score (nSPS) is 12.1. The van der Waals surface area contributed by atoms with E-state index < -0.39 is 17.4 Å². The van der Waals surface area contributed by atoms with E-state index in [1.54, 1.807) is 0 Å². The van der Waals surface area contributed by atoms with Gasteiger partial charge in [-0.25, -0.2) is 0 Å². The zero-order valence-corrected chi connectivity index (χ0v) is 26.0. The molecule has 0 amide bonds. The first kappa shape index (κ1) is 36.9. The van der Waals surface area contributed by atoms with Crippen LogP contribution in [0.5, 0.6) is 0 Å². The van der Waals surface area contributed by atoms with Gasteiger partial charge < -0.3 is 10.2 Å². The molecular weight excluding hydrogens is 472 g/mol. The van der Waals surface area contributed by atoms with Gasteiger partial charge in [-0.3, -0.25) is 9.59 Å². The number of carboxylic acid groups (broad SMARTS) is 2. The van der Waals surface area contributed by atoms with Crippen LogP contribution in [0.2, 0.25) is 0 Å². The highest BCUT2D eigenvalue weighted by Gasteiger charge is 2.36. The molecule has 0 aliphatic carbocycles. The molecule has 0 aromatic heterocycles. The van der Waals surface area contributed by atoms with Gasteiger partial charge >= 0.3 is 11.9 Å². The van der Waals surface area contributed by atoms with Crippen LogP contribution < -0.4 is 0 Å². The van der Waals surface area contributed by atoms with E-state index in [1.807, 2.05) is 0 Å². The van der Waals surface area contributed by atoms with Crippen molar-refractivity contribution < 1.29 is 19.8 Å². The van der Waals surface area contributed by atoms with Crippen molar-refractivity contribution in [1.82, 2.24) is 0 Å². The summed E-state index contributed by atoms with van der Waals surface area (Å²) in [5, 5.41) is 19.2. The van der Waals surface area contributed by atoms with Crippen LogP contribution in [0.1, 0.15) is 188 Å². The largest absolute Gasteiger partial charge is 0.481 e. The molecule has 0 aromatic carbocycles. The molecule has 2 N–H and O–H groups in total. The average Bonchev–Trinajstić information content (AvgIpc) is 2.84. The predicted molar refractivity (Wildman–Crippen MR) is 163 cm³/mol. The van der Waals surface area contributed by atoms with E-state index in [-0.39, 0.29) is 6.42 Å². The summed E-state index contributed by atoms with van der Waals surface area (Å²) < 4.78 is 0. The molecule has 0 aromatic rings. The van der Waals surface area contributed by atoms with E-state index in [4.69, 9.17) is 5.11 Å². The second-order valence-electron chi connectivity index (χ2n) is 13.1. The molecule has 0 aliphatic rings. The molecule has 0 saturated heterocycles. The summed E-state index contributed by atoms with van der Waals surface area (Å²) in [5.41, 5.74) is -0.614. The van der Waals surface area contributed by atoms with E-state index in [0.717, 1.165) is 63.2 Å². The molecule has 0 spiro atoms. The Morgan fingerprint density at radius 3 is 1.05 bits per heavy atom. The maximum Gasteiger partial charge on any atom is 0.309 e. The number of hydrogen-bond acceptors (Lipinski definition) is 2. The van der Waals surface area contributed by atoms with Gasteiger partial charge in [0.05, 0.1) is 5.41 Å². The van der Waals surface area contributed by atoms with E-state index in [1.165, 1.54) is 89.9 Å². The Labute approximate surface area is 237 Å². The third-order valence-electron chi connectivity index (χ3n) is 8.37. The SMILES string of the molecule is CC(C)CCCCCCCCCCC(CCCCCCCCCCC(C)C)(CCCCCC(=O)O)C(=O)O. The van der Waals surface area contributed by atoms with Crippen LogP contribution in [0.3, 0.4) is 0 Å². The van der Waals surface area contributed by atoms with Crippen molar-refractivity contribution >= 4 is 11.9 Å². The lowest BCUT2D eigenvalue weighted by Gasteiger charge is -2.30. The van der Waals surface area contributed by atoms with Crippen molar-refractivity contribution in [3.05, 3.63) is 0 Å². The molecule has 4 nitrogen and oxygen atoms in total. The molecule has 0 unspecified atom stereocenters. The molecule has 0 radical (unpaired) electrons. The molecule has 226 valence electrons. The molecule has 0 fully saturated rings. The molecule has 38 heavy (non-hydrogen) atoms. The summed E-state index contributed by atoms with van der Waals surface area (Å²) >= 11 is 0. The van der Waals surface area contributed by atoms with Crippen molar-refractivity contribution in [2.45, 2.75) is 188 Å². The molecular formula is C34H66O4. The highest BCUT2D eigenvalue weighted by Crippen LogP contribution is 2.38. The van der Waals surface area contributed by atoms with Crippen molar-refractivity contribution in [1.29, 1.82) is 0 Å². The quantitative estimate of drug-likeness (QED) is 0.0928. The molecule has 0 aliphatic heterocycles. The predicted octanol–water partition coefficient (Wildman–Crippen LogP) is 11.2. The van der Waals surface area contributed by atoms with E-state index in [0.29, 0.717) is 12.8 Å². The summed E-state index contributed by atoms with van der Waals surface area (Å²) in [6.07, 6.45) is 27.4. The summed E-state index contributed by atoms with van der Waals surface area (Å²) in [6, 6.07) is 0. The molecule has 0 rings (SSSR count). The van der Waals surface area contributed by atoms with Gasteiger partial charge in [-0.15, -0.1) is 0 Å². The fourth-order valence-corrected chi connectivity index (χ4v) is 5.77. The first-order valence-corrected chi connectivity index (χ1v) is 16.6. The van der Waals surface area contributed by atoms with E-state index >= 15 is 0 Å². The third kappa shape index (κ3) is 22.9. The van der Waals surface area contributed by atoms with Gasteiger partial charge in [-0.05, 0) is 37.5 Å². The maximum absolute atomic E-state index is 12.5. The molecule has 0 saturated carbocycles. The number of rotatable bonds is 29. The smallest absolute Gasteiger partial charge is 0.309 e. The first-order valence-electron chi connectivity index (χ1n) is 16.6. The summed E-state index contributed by atoms with van der Waals surface area (Å²) in [6.45, 7) is 9.18. The van der Waals surface area contributed by atoms with Crippen LogP contribution in [0.15, 0.2) is 0 Å². The minimum absolute atomic E-state index is 0.189. The van der Waals surface area contributed by atoms with Gasteiger partial charge in [-0.1, -0.05) is 156 Å². The van der Waals surface area contributed by atoms with Gasteiger partial charge in [-0.2, -0.15) is 0 Å². The number of carboxylic acids is 2. The van der Waals surface area contributed by atoms with Gasteiger partial charge in [0.1, 0.15) is 0 Å². The topological polar surface area (TPSA) is 74.6 Å². The van der Waals surface area contributed by atoms with Crippen molar-refractivity contribution in [3.8, 4) is 0 Å². The Hall–Kier alpha value is -1.06. The highest BCUT2D eigenvalue weighted by molar-refractivity contribution is 5.74. The fraction of sp³-hybridized carbons (Fsp3) is 0.941. The second-order valence-corrected chi connectivity index (χ2v) is 13.1. The van der Waals surface area contributed by atoms with Gasteiger partial charge in [0.2, 0.25) is 0 Å². The summed E-state index contributed by atoms with van der Waals surface area (Å²) in [7, 11) is 0. The van der Waals surface area contributed by atoms with Gasteiger partial charge in [0.15, 0.2) is 0 Å². The lowest BCUT2D eigenvalue weighted by atomic mass is 9.74. The fourth-order valence-electron chi connectivity index (χ4n) is 5.77. The van der Waals surface area contributed by atoms with Crippen molar-refractivity contribution in [3.63, 3.8) is 0 Å². The molecule has 0 bridgehead atoms. The lowest BCUT2D eigenvalue weighted by molar-refractivity contribution is -0.151. The van der Waals surface area contributed by atoms with Crippen LogP contribution >= 0.6 is 0 Å². The monoisotopic (exact) mass is 538 g/mol. The van der Waals surface area contributed by atoms with E-state index in [2.05, 4.69) is 27.7 Å². The minimum atomic E-state index is -0.755. The Morgan fingerprint density at radius 2 is 0.763 bits per heavy atom. The molecule has 4 heteroatoms. The van der Waals surface area contributed by atoms with Crippen LogP contribution in [-0.2, 0) is 9.59 Å². The van der Waals surface area contributed by atoms with Crippen LogP contribution in [-0.4, -0.2) is 22.2 Å². The first-order chi connectivity index (χ1) is 18.2. The average molecular weight is 539 g/mol. The van der Waals surface area contributed by atoms with Crippen LogP contribution in [0.25, 0.3) is 0 Å². The van der Waals surface area contributed by atoms with Gasteiger partial charge in [0.25, 0.3) is 0 Å². The zero-order valence-electron chi connectivity index (χ0n) is 26.0. The molecule has 0 atom stereocenters. The number of hydrogen-bond donors (Lipinski definition) is 2. The lowest BCUT2D eigenvalue weighted by Crippen LogP contribution is -2.31. The van der Waals surface area contributed by atoms with E-state index in [9.17, 15) is 14.7 Å². The van der Waals surface area contributed by atoms with Crippen LogP contribution in [0.4, 0.5) is 0 Å². The summed E-state index contributed by atoms with van der Waals surface area (Å²) in [5.74, 6) is 0.248. The Kier molecular flexibility index (Phi) is 24.2. The van der Waals surface area contributed by atoms with Crippen molar-refractivity contribution in [2.24, 2.45) is 17.3 Å². The summed E-state index contributed by atoms with van der Waals surface area (Å²) in [4.78, 5) is 23.4. The molecule has 0 heterocycles. The Bertz CT molecular complexity index is 527. The Balaban J connectivity index is 4.38. The third-order valence-corrected chi connectivity index (χ3v) is 8.37. The Morgan fingerprint density at radius 1 is 0.474 bits per heavy atom. The zero-order chi connectivity index (χ0) is 28.5.